The fourth-order valence-corrected chi connectivity index (χ4v) is 6.28. The minimum Gasteiger partial charge on any atom is -0.483 e. The van der Waals surface area contributed by atoms with E-state index < -0.39 is 30.1 Å². The average molecular weight is 612 g/mol. The second-order valence-corrected chi connectivity index (χ2v) is 11.5. The van der Waals surface area contributed by atoms with Crippen LogP contribution >= 0.6 is 34.7 Å². The Balaban J connectivity index is 1.62. The molecule has 4 rings (SSSR count). The second kappa shape index (κ2) is 12.5. The predicted octanol–water partition coefficient (Wildman–Crippen LogP) is 8.83. The molecule has 210 valence electrons. The number of hydrogen-bond acceptors (Lipinski definition) is 6. The Morgan fingerprint density at radius 2 is 1.85 bits per heavy atom. The van der Waals surface area contributed by atoms with E-state index in [9.17, 15) is 22.4 Å². The molecule has 0 radical (unpaired) electrons. The molecule has 1 atom stereocenters. The van der Waals surface area contributed by atoms with E-state index >= 15 is 0 Å². The van der Waals surface area contributed by atoms with Crippen molar-refractivity contribution in [3.8, 4) is 22.1 Å². The molecule has 0 amide bonds. The van der Waals surface area contributed by atoms with Crippen molar-refractivity contribution in [3.63, 3.8) is 0 Å². The highest BCUT2D eigenvalue weighted by Crippen LogP contribution is 2.43. The number of aromatic nitrogens is 1. The molecule has 0 saturated heterocycles. The summed E-state index contributed by atoms with van der Waals surface area (Å²) >= 11 is 8.90. The van der Waals surface area contributed by atoms with Gasteiger partial charge in [-0.05, 0) is 61.9 Å². The van der Waals surface area contributed by atoms with Crippen LogP contribution < -0.4 is 9.47 Å². The van der Waals surface area contributed by atoms with Gasteiger partial charge in [0.1, 0.15) is 17.4 Å². The highest BCUT2D eigenvalue weighted by Gasteiger charge is 2.30. The number of nitrogens with zero attached hydrogens (tertiary/aromatic N) is 1. The van der Waals surface area contributed by atoms with Gasteiger partial charge in [-0.1, -0.05) is 29.8 Å². The van der Waals surface area contributed by atoms with Crippen molar-refractivity contribution in [3.05, 3.63) is 93.2 Å². The minimum absolute atomic E-state index is 0.0999. The maximum atomic E-state index is 14.3. The summed E-state index contributed by atoms with van der Waals surface area (Å²) in [6.45, 7) is 3.18. The maximum absolute atomic E-state index is 14.3. The molecule has 40 heavy (non-hydrogen) atoms. The van der Waals surface area contributed by atoms with Gasteiger partial charge < -0.3 is 14.6 Å². The van der Waals surface area contributed by atoms with Crippen molar-refractivity contribution < 1.29 is 36.9 Å². The van der Waals surface area contributed by atoms with Gasteiger partial charge in [0.2, 0.25) is 0 Å². The maximum Gasteiger partial charge on any atom is 0.416 e. The number of benzene rings is 3. The molecule has 0 aliphatic carbocycles. The Hall–Kier alpha value is -3.28. The summed E-state index contributed by atoms with van der Waals surface area (Å²) in [4.78, 5) is 17.1. The number of ether oxygens (including phenoxy) is 2. The van der Waals surface area contributed by atoms with E-state index in [1.54, 1.807) is 19.1 Å². The first-order valence-corrected chi connectivity index (χ1v) is 13.9. The number of halogens is 5. The molecule has 1 aromatic heterocycles. The summed E-state index contributed by atoms with van der Waals surface area (Å²) in [6.07, 6.45) is -4.46. The highest BCUT2D eigenvalue weighted by molar-refractivity contribution is 7.99. The Bertz CT molecular complexity index is 1490. The lowest BCUT2D eigenvalue weighted by atomic mass is 10.1. The number of carboxylic acids is 1. The lowest BCUT2D eigenvalue weighted by Crippen LogP contribution is -2.10. The fourth-order valence-electron chi connectivity index (χ4n) is 3.73. The average Bonchev–Trinajstić information content (AvgIpc) is 3.32. The van der Waals surface area contributed by atoms with Crippen LogP contribution in [0.2, 0.25) is 5.02 Å². The second-order valence-electron chi connectivity index (χ2n) is 8.61. The zero-order chi connectivity index (χ0) is 29.0. The van der Waals surface area contributed by atoms with E-state index in [2.05, 4.69) is 4.98 Å². The van der Waals surface area contributed by atoms with Gasteiger partial charge in [0.25, 0.3) is 0 Å². The van der Waals surface area contributed by atoms with E-state index in [4.69, 9.17) is 26.2 Å². The third-order valence-corrected chi connectivity index (χ3v) is 8.53. The molecule has 3 aromatic carbocycles. The number of rotatable bonds is 10. The SMILES string of the molecule is Cc1cc(S[C@H](C)c2sc(-c3ccc(C(F)(F)F)cc3)nc2COc2c(F)cccc2Cl)ccc1OCC(=O)O. The number of para-hydroxylation sites is 1. The van der Waals surface area contributed by atoms with E-state index in [-0.39, 0.29) is 22.6 Å². The quantitative estimate of drug-likeness (QED) is 0.143. The van der Waals surface area contributed by atoms with Gasteiger partial charge in [-0.2, -0.15) is 13.2 Å². The summed E-state index contributed by atoms with van der Waals surface area (Å²) < 4.78 is 64.5. The summed E-state index contributed by atoms with van der Waals surface area (Å²) in [5.41, 5.74) is 0.992. The van der Waals surface area contributed by atoms with Crippen molar-refractivity contribution >= 4 is 40.7 Å². The number of aliphatic carboxylic acids is 1. The first-order valence-electron chi connectivity index (χ1n) is 11.8. The first kappa shape index (κ1) is 29.7. The molecule has 12 heteroatoms. The third kappa shape index (κ3) is 7.26. The van der Waals surface area contributed by atoms with Gasteiger partial charge in [-0.15, -0.1) is 23.1 Å². The first-order chi connectivity index (χ1) is 18.9. The zero-order valence-electron chi connectivity index (χ0n) is 21.1. The standard InChI is InChI=1S/C28H22ClF4NO4S2/c1-15-12-19(10-11-23(15)37-14-24(35)36)39-16(2)26-22(13-38-25-20(29)4-3-5-21(25)30)34-27(40-26)17-6-8-18(9-7-17)28(31,32)33/h3-12,16H,13-14H2,1-2H3,(H,35,36)/t16-/m1/s1. The molecule has 4 aromatic rings. The van der Waals surface area contributed by atoms with E-state index in [1.165, 1.54) is 53.4 Å². The van der Waals surface area contributed by atoms with Crippen molar-refractivity contribution in [1.82, 2.24) is 4.98 Å². The van der Waals surface area contributed by atoms with E-state index in [0.29, 0.717) is 22.0 Å². The lowest BCUT2D eigenvalue weighted by molar-refractivity contribution is -0.139. The Morgan fingerprint density at radius 3 is 2.48 bits per heavy atom. The number of carboxylic acid groups (broad SMARTS) is 1. The predicted molar refractivity (Wildman–Crippen MR) is 147 cm³/mol. The van der Waals surface area contributed by atoms with Gasteiger partial charge in [0, 0.05) is 20.6 Å². The topological polar surface area (TPSA) is 68.7 Å². The van der Waals surface area contributed by atoms with Gasteiger partial charge in [-0.25, -0.2) is 14.2 Å². The van der Waals surface area contributed by atoms with Gasteiger partial charge in [0.05, 0.1) is 16.3 Å². The number of alkyl halides is 3. The molecule has 1 N–H and O–H groups in total. The number of thiazole rings is 1. The molecule has 0 bridgehead atoms. The van der Waals surface area contributed by atoms with E-state index in [0.717, 1.165) is 27.5 Å². The van der Waals surface area contributed by atoms with Crippen molar-refractivity contribution in [2.24, 2.45) is 0 Å². The van der Waals surface area contributed by atoms with Gasteiger partial charge in [-0.3, -0.25) is 0 Å². The van der Waals surface area contributed by atoms with Crippen molar-refractivity contribution in [2.45, 2.75) is 36.8 Å². The Kier molecular flexibility index (Phi) is 9.27. The number of carbonyl (C=O) groups is 1. The molecule has 0 aliphatic heterocycles. The molecule has 0 spiro atoms. The molecule has 0 saturated carbocycles. The molecular formula is C28H22ClF4NO4S2. The molecule has 5 nitrogen and oxygen atoms in total. The minimum atomic E-state index is -4.46. The lowest BCUT2D eigenvalue weighted by Gasteiger charge is -2.14. The molecule has 1 heterocycles. The number of thioether (sulfide) groups is 1. The van der Waals surface area contributed by atoms with Crippen LogP contribution in [0.3, 0.4) is 0 Å². The molecule has 0 unspecified atom stereocenters. The summed E-state index contributed by atoms with van der Waals surface area (Å²) in [5.74, 6) is -1.37. The Morgan fingerprint density at radius 1 is 1.12 bits per heavy atom. The van der Waals surface area contributed by atoms with Crippen LogP contribution in [-0.4, -0.2) is 22.7 Å². The van der Waals surface area contributed by atoms with Crippen LogP contribution in [0.25, 0.3) is 10.6 Å². The van der Waals surface area contributed by atoms with Crippen LogP contribution in [0.15, 0.2) is 65.6 Å². The number of hydrogen-bond donors (Lipinski definition) is 1. The van der Waals surface area contributed by atoms with Gasteiger partial charge >= 0.3 is 12.1 Å². The van der Waals surface area contributed by atoms with Crippen LogP contribution in [-0.2, 0) is 17.6 Å². The smallest absolute Gasteiger partial charge is 0.416 e. The molecule has 0 fully saturated rings. The third-order valence-electron chi connectivity index (χ3n) is 5.64. The zero-order valence-corrected chi connectivity index (χ0v) is 23.5. The number of aryl methyl sites for hydroxylation is 1. The largest absolute Gasteiger partial charge is 0.483 e. The molecule has 0 aliphatic rings. The monoisotopic (exact) mass is 611 g/mol. The molecular weight excluding hydrogens is 590 g/mol. The van der Waals surface area contributed by atoms with Gasteiger partial charge in [0.15, 0.2) is 18.2 Å². The highest BCUT2D eigenvalue weighted by atomic mass is 35.5. The van der Waals surface area contributed by atoms with Crippen molar-refractivity contribution in [2.75, 3.05) is 6.61 Å². The van der Waals surface area contributed by atoms with E-state index in [1.807, 2.05) is 13.0 Å². The van der Waals surface area contributed by atoms with Crippen LogP contribution in [0, 0.1) is 12.7 Å². The summed E-state index contributed by atoms with van der Waals surface area (Å²) in [7, 11) is 0. The fraction of sp³-hybridized carbons (Fsp3) is 0.214. The Labute approximate surface area is 240 Å². The van der Waals surface area contributed by atoms with Crippen LogP contribution in [0.1, 0.15) is 33.9 Å². The summed E-state index contributed by atoms with van der Waals surface area (Å²) in [6, 6.07) is 14.3. The van der Waals surface area contributed by atoms with Crippen molar-refractivity contribution in [1.29, 1.82) is 0 Å². The van der Waals surface area contributed by atoms with Crippen LogP contribution in [0.5, 0.6) is 11.5 Å². The van der Waals surface area contributed by atoms with Crippen LogP contribution in [0.4, 0.5) is 17.6 Å². The summed E-state index contributed by atoms with van der Waals surface area (Å²) in [5, 5.41) is 9.26. The normalized spacial score (nSPS) is 12.3.